The smallest absolute Gasteiger partial charge is 0.311 e. The van der Waals surface area contributed by atoms with E-state index in [-0.39, 0.29) is 42.4 Å². The maximum Gasteiger partial charge on any atom is 0.311 e. The Kier molecular flexibility index (Phi) is 8.94. The summed E-state index contributed by atoms with van der Waals surface area (Å²) in [7, 11) is 0. The summed E-state index contributed by atoms with van der Waals surface area (Å²) >= 11 is 1.44. The zero-order chi connectivity index (χ0) is 29.6. The molecule has 1 atom stereocenters. The average Bonchev–Trinajstić information content (AvgIpc) is 3.49. The second-order valence-electron chi connectivity index (χ2n) is 10.2. The monoisotopic (exact) mass is 589 g/mol. The molecule has 218 valence electrons. The molecular formula is C30H31N5O6S. The van der Waals surface area contributed by atoms with Crippen molar-refractivity contribution in [2.24, 2.45) is 0 Å². The van der Waals surface area contributed by atoms with Gasteiger partial charge in [-0.2, -0.15) is 0 Å². The first-order valence-corrected chi connectivity index (χ1v) is 14.5. The number of amides is 3. The maximum atomic E-state index is 13.7. The van der Waals surface area contributed by atoms with Crippen molar-refractivity contribution in [2.75, 3.05) is 39.3 Å². The molecule has 1 saturated heterocycles. The number of hydrogen-bond donors (Lipinski definition) is 1. The van der Waals surface area contributed by atoms with E-state index in [0.717, 1.165) is 11.4 Å². The van der Waals surface area contributed by atoms with Crippen molar-refractivity contribution in [3.63, 3.8) is 0 Å². The lowest BCUT2D eigenvalue weighted by atomic mass is 10.0. The first-order chi connectivity index (χ1) is 20.3. The molecule has 0 spiro atoms. The summed E-state index contributed by atoms with van der Waals surface area (Å²) in [6, 6.07) is 13.6. The topological polar surface area (TPSA) is 125 Å². The first kappa shape index (κ1) is 29.0. The Morgan fingerprint density at radius 3 is 2.64 bits per heavy atom. The van der Waals surface area contributed by atoms with Gasteiger partial charge in [0.2, 0.25) is 17.6 Å². The molecule has 1 aromatic heterocycles. The molecular weight excluding hydrogens is 558 g/mol. The fourth-order valence-electron chi connectivity index (χ4n) is 5.12. The van der Waals surface area contributed by atoms with Crippen LogP contribution in [0.25, 0.3) is 0 Å². The van der Waals surface area contributed by atoms with Crippen LogP contribution in [0.4, 0.5) is 5.69 Å². The highest BCUT2D eigenvalue weighted by Gasteiger charge is 2.31. The van der Waals surface area contributed by atoms with Crippen molar-refractivity contribution in [1.29, 1.82) is 0 Å². The van der Waals surface area contributed by atoms with Crippen LogP contribution in [-0.4, -0.2) is 82.7 Å². The number of carbonyl (C=O) groups excluding carboxylic acids is 3. The fraction of sp³-hybridized carbons (Fsp3) is 0.300. The number of nitrogens with zero attached hydrogens (tertiary/aromatic N) is 4. The van der Waals surface area contributed by atoms with Crippen molar-refractivity contribution >= 4 is 34.7 Å². The van der Waals surface area contributed by atoms with Crippen molar-refractivity contribution in [3.8, 4) is 11.5 Å². The summed E-state index contributed by atoms with van der Waals surface area (Å²) in [4.78, 5) is 58.3. The van der Waals surface area contributed by atoms with E-state index in [4.69, 9.17) is 4.74 Å². The van der Waals surface area contributed by atoms with Crippen LogP contribution in [0.15, 0.2) is 72.6 Å². The number of fused-ring (bicyclic) bond motifs is 4. The Hall–Kier alpha value is -4.55. The van der Waals surface area contributed by atoms with Gasteiger partial charge < -0.3 is 19.9 Å². The molecule has 3 heterocycles. The van der Waals surface area contributed by atoms with Crippen molar-refractivity contribution < 1.29 is 24.0 Å². The molecule has 2 aromatic carbocycles. The van der Waals surface area contributed by atoms with Gasteiger partial charge >= 0.3 is 5.69 Å². The number of rotatable bonds is 6. The molecule has 3 amide bonds. The Morgan fingerprint density at radius 2 is 1.93 bits per heavy atom. The third-order valence-corrected chi connectivity index (χ3v) is 8.08. The van der Waals surface area contributed by atoms with Crippen LogP contribution in [0, 0.1) is 10.1 Å². The summed E-state index contributed by atoms with van der Waals surface area (Å²) in [6.07, 6.45) is 2.01. The second-order valence-corrected chi connectivity index (χ2v) is 11.2. The van der Waals surface area contributed by atoms with Crippen LogP contribution in [0.2, 0.25) is 0 Å². The third-order valence-electron chi connectivity index (χ3n) is 7.22. The minimum atomic E-state index is -0.882. The molecule has 11 nitrogen and oxygen atoms in total. The molecule has 2 aliphatic heterocycles. The Balaban J connectivity index is 1.49. The van der Waals surface area contributed by atoms with Gasteiger partial charge in [0.15, 0.2) is 0 Å². The minimum absolute atomic E-state index is 0.0920. The van der Waals surface area contributed by atoms with Gasteiger partial charge in [-0.05, 0) is 35.2 Å². The molecule has 0 aliphatic carbocycles. The number of thiophene rings is 1. The molecule has 12 heteroatoms. The largest absolute Gasteiger partial charge is 0.450 e. The molecule has 4 bridgehead atoms. The van der Waals surface area contributed by atoms with Gasteiger partial charge in [-0.1, -0.05) is 24.3 Å². The number of nitro groups is 1. The highest BCUT2D eigenvalue weighted by atomic mass is 32.1. The van der Waals surface area contributed by atoms with Crippen LogP contribution in [0.5, 0.6) is 11.5 Å². The van der Waals surface area contributed by atoms with Crippen molar-refractivity contribution in [2.45, 2.75) is 19.0 Å². The molecule has 42 heavy (non-hydrogen) atoms. The molecule has 0 radical (unpaired) electrons. The number of hydrogen-bond acceptors (Lipinski definition) is 8. The summed E-state index contributed by atoms with van der Waals surface area (Å²) in [5.74, 6) is -0.966. The molecule has 1 unspecified atom stereocenters. The molecule has 5 rings (SSSR count). The van der Waals surface area contributed by atoms with Gasteiger partial charge in [0.25, 0.3) is 5.91 Å². The quantitative estimate of drug-likeness (QED) is 0.265. The zero-order valence-corrected chi connectivity index (χ0v) is 23.8. The molecule has 1 fully saturated rings. The molecule has 3 aromatic rings. The minimum Gasteiger partial charge on any atom is -0.450 e. The van der Waals surface area contributed by atoms with Gasteiger partial charge in [-0.3, -0.25) is 29.4 Å². The maximum absolute atomic E-state index is 13.7. The number of piperazine rings is 1. The van der Waals surface area contributed by atoms with E-state index in [1.54, 1.807) is 23.1 Å². The lowest BCUT2D eigenvalue weighted by Gasteiger charge is -2.36. The van der Waals surface area contributed by atoms with E-state index < -0.39 is 22.8 Å². The normalized spacial score (nSPS) is 18.0. The molecule has 1 N–H and O–H groups in total. The van der Waals surface area contributed by atoms with Crippen LogP contribution in [-0.2, 0) is 22.6 Å². The van der Waals surface area contributed by atoms with Crippen molar-refractivity contribution in [1.82, 2.24) is 20.0 Å². The van der Waals surface area contributed by atoms with Gasteiger partial charge in [0.1, 0.15) is 18.3 Å². The van der Waals surface area contributed by atoms with Gasteiger partial charge in [0, 0.05) is 61.7 Å². The van der Waals surface area contributed by atoms with Gasteiger partial charge in [0.05, 0.1) is 11.5 Å². The Labute approximate surface area is 247 Å². The highest BCUT2D eigenvalue weighted by Crippen LogP contribution is 2.33. The Bertz CT molecular complexity index is 1490. The van der Waals surface area contributed by atoms with E-state index in [1.807, 2.05) is 29.7 Å². The number of nitro benzene ring substituents is 1. The summed E-state index contributed by atoms with van der Waals surface area (Å²) in [6.45, 7) is 6.79. The summed E-state index contributed by atoms with van der Waals surface area (Å²) in [5.41, 5.74) is 0.548. The number of benzene rings is 2. The number of carbonyl (C=O) groups is 3. The summed E-state index contributed by atoms with van der Waals surface area (Å²) in [5, 5.41) is 16.5. The number of ether oxygens (including phenoxy) is 1. The van der Waals surface area contributed by atoms with Crippen LogP contribution >= 0.6 is 11.3 Å². The lowest BCUT2D eigenvalue weighted by Crippen LogP contribution is -2.56. The van der Waals surface area contributed by atoms with E-state index in [2.05, 4.69) is 16.8 Å². The van der Waals surface area contributed by atoms with E-state index in [0.29, 0.717) is 37.5 Å². The highest BCUT2D eigenvalue weighted by molar-refractivity contribution is 7.09. The standard InChI is InChI=1S/C30H31N5O6S/c1-2-10-32-11-13-33(14-12-32)30(38)25-17-21-5-3-6-23(16-21)41-27-18-22(8-9-26(27)35(39)40)29(37)34(20-28(36)31-25)19-24-7-4-15-42-24/h2-9,15-16,18,25H,1,10-14,17,19-20H2,(H,31,36). The third kappa shape index (κ3) is 6.84. The van der Waals surface area contributed by atoms with E-state index in [9.17, 15) is 24.5 Å². The van der Waals surface area contributed by atoms with Crippen molar-refractivity contribution in [3.05, 3.63) is 98.8 Å². The predicted molar refractivity (Wildman–Crippen MR) is 158 cm³/mol. The van der Waals surface area contributed by atoms with Gasteiger partial charge in [-0.25, -0.2) is 0 Å². The molecule has 0 saturated carbocycles. The van der Waals surface area contributed by atoms with E-state index >= 15 is 0 Å². The summed E-state index contributed by atoms with van der Waals surface area (Å²) < 4.78 is 5.95. The van der Waals surface area contributed by atoms with E-state index in [1.165, 1.54) is 34.4 Å². The number of nitrogens with one attached hydrogen (secondary N) is 1. The van der Waals surface area contributed by atoms with Crippen LogP contribution < -0.4 is 10.1 Å². The zero-order valence-electron chi connectivity index (χ0n) is 22.9. The fourth-order valence-corrected chi connectivity index (χ4v) is 5.84. The van der Waals surface area contributed by atoms with Gasteiger partial charge in [-0.15, -0.1) is 17.9 Å². The van der Waals surface area contributed by atoms with Crippen LogP contribution in [0.3, 0.4) is 0 Å². The predicted octanol–water partition coefficient (Wildman–Crippen LogP) is 3.46. The van der Waals surface area contributed by atoms with Crippen LogP contribution in [0.1, 0.15) is 20.8 Å². The SMILES string of the molecule is C=CCN1CCN(C(=O)C2Cc3cccc(c3)Oc3cc(ccc3[N+](=O)[O-])C(=O)N(Cc3cccs3)CC(=O)N2)CC1. The average molecular weight is 590 g/mol. The first-order valence-electron chi connectivity index (χ1n) is 13.6. The lowest BCUT2D eigenvalue weighted by molar-refractivity contribution is -0.385. The Morgan fingerprint density at radius 1 is 1.12 bits per heavy atom. The molecule has 2 aliphatic rings. The second kappa shape index (κ2) is 13.0.